The SMILES string of the molecule is C=C(C)C(=O)OC(=O)Oc1ccc(-c2ccc(OC(=O)OC(=O)C(=C)C)c(OC(=O)OC(=O)C(=C)C)c2)cc1OC=O. The maximum Gasteiger partial charge on any atom is 0.522 e. The summed E-state index contributed by atoms with van der Waals surface area (Å²) in [5.74, 6) is -4.74. The predicted molar refractivity (Wildman–Crippen MR) is 139 cm³/mol. The zero-order chi connectivity index (χ0) is 31.6. The van der Waals surface area contributed by atoms with E-state index in [9.17, 15) is 33.6 Å². The van der Waals surface area contributed by atoms with E-state index in [1.807, 2.05) is 0 Å². The van der Waals surface area contributed by atoms with Crippen LogP contribution in [0.2, 0.25) is 0 Å². The van der Waals surface area contributed by atoms with Crippen LogP contribution < -0.4 is 18.9 Å². The summed E-state index contributed by atoms with van der Waals surface area (Å²) < 4.78 is 33.1. The number of ether oxygens (including phenoxy) is 7. The lowest BCUT2D eigenvalue weighted by molar-refractivity contribution is -0.135. The van der Waals surface area contributed by atoms with Crippen molar-refractivity contribution >= 4 is 42.8 Å². The second-order valence-corrected chi connectivity index (χ2v) is 8.10. The highest BCUT2D eigenvalue weighted by molar-refractivity contribution is 5.95. The van der Waals surface area contributed by atoms with Crippen molar-refractivity contribution in [1.29, 1.82) is 0 Å². The number of rotatable bonds is 9. The molecule has 0 saturated heterocycles. The number of carbonyl (C=O) groups is 7. The van der Waals surface area contributed by atoms with E-state index in [0.29, 0.717) is 0 Å². The minimum Gasteiger partial charge on any atom is -0.425 e. The van der Waals surface area contributed by atoms with E-state index in [2.05, 4.69) is 33.9 Å². The Morgan fingerprint density at radius 2 is 0.881 bits per heavy atom. The molecule has 0 spiro atoms. The highest BCUT2D eigenvalue weighted by Crippen LogP contribution is 2.37. The largest absolute Gasteiger partial charge is 0.522 e. The monoisotopic (exact) mass is 582 g/mol. The van der Waals surface area contributed by atoms with Gasteiger partial charge in [0.15, 0.2) is 23.0 Å². The standard InChI is InChI=1S/C28H22O14/c1-14(2)23(30)40-26(33)37-19-9-7-17(11-21(19)36-13-29)18-8-10-20(38-27(34)41-24(31)15(3)4)22(12-18)39-28(35)42-25(32)16(5)6/h7-13H,1,3,5H2,2,4,6H3. The van der Waals surface area contributed by atoms with Gasteiger partial charge in [-0.05, 0) is 56.2 Å². The first-order valence-corrected chi connectivity index (χ1v) is 11.4. The van der Waals surface area contributed by atoms with Gasteiger partial charge in [-0.15, -0.1) is 0 Å². The third-order valence-corrected chi connectivity index (χ3v) is 4.55. The average Bonchev–Trinajstić information content (AvgIpc) is 2.90. The van der Waals surface area contributed by atoms with E-state index in [1.165, 1.54) is 45.0 Å². The van der Waals surface area contributed by atoms with Crippen molar-refractivity contribution < 1.29 is 66.7 Å². The summed E-state index contributed by atoms with van der Waals surface area (Å²) in [6.07, 6.45) is -4.44. The van der Waals surface area contributed by atoms with Gasteiger partial charge in [0.1, 0.15) is 0 Å². The van der Waals surface area contributed by atoms with E-state index in [0.717, 1.165) is 12.1 Å². The van der Waals surface area contributed by atoms with E-state index in [4.69, 9.17) is 18.9 Å². The molecule has 0 N–H and O–H groups in total. The number of hydrogen-bond acceptors (Lipinski definition) is 14. The van der Waals surface area contributed by atoms with Crippen LogP contribution in [0.3, 0.4) is 0 Å². The third-order valence-electron chi connectivity index (χ3n) is 4.55. The van der Waals surface area contributed by atoms with Crippen molar-refractivity contribution in [2.45, 2.75) is 20.8 Å². The quantitative estimate of drug-likeness (QED) is 0.0985. The number of benzene rings is 2. The van der Waals surface area contributed by atoms with Gasteiger partial charge in [0.25, 0.3) is 6.47 Å². The smallest absolute Gasteiger partial charge is 0.425 e. The maximum atomic E-state index is 12.2. The molecule has 0 amide bonds. The fourth-order valence-corrected chi connectivity index (χ4v) is 2.59. The van der Waals surface area contributed by atoms with Crippen LogP contribution in [0.1, 0.15) is 20.8 Å². The second kappa shape index (κ2) is 14.4. The van der Waals surface area contributed by atoms with Gasteiger partial charge in [-0.25, -0.2) is 28.8 Å². The fraction of sp³-hybridized carbons (Fsp3) is 0.107. The van der Waals surface area contributed by atoms with Crippen molar-refractivity contribution in [2.24, 2.45) is 0 Å². The van der Waals surface area contributed by atoms with Crippen molar-refractivity contribution in [3.8, 4) is 34.1 Å². The molecule has 0 atom stereocenters. The predicted octanol–water partition coefficient (Wildman–Crippen LogP) is 4.74. The summed E-state index contributed by atoms with van der Waals surface area (Å²) in [4.78, 5) is 82.1. The number of esters is 3. The molecule has 42 heavy (non-hydrogen) atoms. The molecule has 2 rings (SSSR count). The van der Waals surface area contributed by atoms with Crippen LogP contribution in [0.15, 0.2) is 72.9 Å². The summed E-state index contributed by atoms with van der Waals surface area (Å²) in [7, 11) is 0. The number of carbonyl (C=O) groups excluding carboxylic acids is 7. The molecule has 2 aromatic carbocycles. The van der Waals surface area contributed by atoms with Gasteiger partial charge in [0.05, 0.1) is 0 Å². The Hall–Kier alpha value is -6.05. The highest BCUT2D eigenvalue weighted by atomic mass is 16.8. The summed E-state index contributed by atoms with van der Waals surface area (Å²) in [6, 6.07) is 7.40. The Bertz CT molecular complexity index is 1510. The molecule has 0 bridgehead atoms. The molecule has 14 nitrogen and oxygen atoms in total. The van der Waals surface area contributed by atoms with Crippen LogP contribution in [-0.2, 0) is 33.4 Å². The average molecular weight is 582 g/mol. The van der Waals surface area contributed by atoms with Gasteiger partial charge in [-0.1, -0.05) is 31.9 Å². The maximum absolute atomic E-state index is 12.2. The molecule has 0 aliphatic heterocycles. The summed E-state index contributed by atoms with van der Waals surface area (Å²) in [5, 5.41) is 0. The summed E-state index contributed by atoms with van der Waals surface area (Å²) >= 11 is 0. The molecular formula is C28H22O14. The lowest BCUT2D eigenvalue weighted by atomic mass is 10.0. The van der Waals surface area contributed by atoms with Gasteiger partial charge in [-0.2, -0.15) is 0 Å². The molecule has 0 saturated carbocycles. The molecule has 2 aromatic rings. The zero-order valence-electron chi connectivity index (χ0n) is 22.4. The van der Waals surface area contributed by atoms with Crippen LogP contribution in [0.5, 0.6) is 23.0 Å². The Morgan fingerprint density at radius 3 is 1.24 bits per heavy atom. The third kappa shape index (κ3) is 9.30. The summed E-state index contributed by atoms with van der Waals surface area (Å²) in [6.45, 7) is 13.9. The lowest BCUT2D eigenvalue weighted by Crippen LogP contribution is -2.19. The van der Waals surface area contributed by atoms with Gasteiger partial charge >= 0.3 is 36.4 Å². The van der Waals surface area contributed by atoms with Gasteiger partial charge in [0, 0.05) is 16.7 Å². The van der Waals surface area contributed by atoms with Crippen LogP contribution in [0.25, 0.3) is 11.1 Å². The Morgan fingerprint density at radius 1 is 0.548 bits per heavy atom. The lowest BCUT2D eigenvalue weighted by Gasteiger charge is -2.13. The summed E-state index contributed by atoms with van der Waals surface area (Å²) in [5.41, 5.74) is 0.202. The van der Waals surface area contributed by atoms with Gasteiger partial charge in [-0.3, -0.25) is 4.79 Å². The molecular weight excluding hydrogens is 560 g/mol. The second-order valence-electron chi connectivity index (χ2n) is 8.10. The first-order chi connectivity index (χ1) is 19.7. The van der Waals surface area contributed by atoms with E-state index in [-0.39, 0.29) is 45.8 Å². The molecule has 0 fully saturated rings. The fourth-order valence-electron chi connectivity index (χ4n) is 2.59. The zero-order valence-corrected chi connectivity index (χ0v) is 22.4. The Labute approximate surface area is 237 Å². The van der Waals surface area contributed by atoms with Crippen LogP contribution >= 0.6 is 0 Å². The van der Waals surface area contributed by atoms with Crippen LogP contribution in [-0.4, -0.2) is 42.8 Å². The topological polar surface area (TPSA) is 184 Å². The van der Waals surface area contributed by atoms with Crippen LogP contribution in [0.4, 0.5) is 14.4 Å². The Balaban J connectivity index is 2.45. The molecule has 0 aliphatic carbocycles. The van der Waals surface area contributed by atoms with Crippen molar-refractivity contribution in [3.63, 3.8) is 0 Å². The molecule has 0 aromatic heterocycles. The van der Waals surface area contributed by atoms with Crippen molar-refractivity contribution in [3.05, 3.63) is 72.9 Å². The van der Waals surface area contributed by atoms with E-state index < -0.39 is 47.9 Å². The van der Waals surface area contributed by atoms with Gasteiger partial charge < -0.3 is 33.2 Å². The molecule has 0 heterocycles. The van der Waals surface area contributed by atoms with E-state index in [1.54, 1.807) is 0 Å². The molecule has 0 aliphatic rings. The van der Waals surface area contributed by atoms with E-state index >= 15 is 0 Å². The first kappa shape index (κ1) is 32.2. The van der Waals surface area contributed by atoms with Crippen molar-refractivity contribution in [2.75, 3.05) is 0 Å². The first-order valence-electron chi connectivity index (χ1n) is 11.4. The molecule has 0 radical (unpaired) electrons. The molecule has 218 valence electrons. The molecule has 0 unspecified atom stereocenters. The Kier molecular flexibility index (Phi) is 11.0. The minimum atomic E-state index is -1.52. The van der Waals surface area contributed by atoms with Crippen molar-refractivity contribution in [1.82, 2.24) is 0 Å². The highest BCUT2D eigenvalue weighted by Gasteiger charge is 2.22. The van der Waals surface area contributed by atoms with Crippen LogP contribution in [0, 0.1) is 0 Å². The normalized spacial score (nSPS) is 9.79. The molecule has 14 heteroatoms. The van der Waals surface area contributed by atoms with Gasteiger partial charge in [0.2, 0.25) is 0 Å². The number of hydrogen-bond donors (Lipinski definition) is 0. The minimum absolute atomic E-state index is 0.0360.